The Balaban J connectivity index is 1.13. The maximum atomic E-state index is 14.5. The van der Waals surface area contributed by atoms with Crippen LogP contribution in [0.1, 0.15) is 102 Å². The summed E-state index contributed by atoms with van der Waals surface area (Å²) in [5.74, 6) is 0.950. The van der Waals surface area contributed by atoms with Crippen LogP contribution in [0.3, 0.4) is 0 Å². The van der Waals surface area contributed by atoms with Crippen molar-refractivity contribution in [3.63, 3.8) is 0 Å². The molecule has 0 aliphatic carbocycles. The van der Waals surface area contributed by atoms with Gasteiger partial charge in [0.1, 0.15) is 29.9 Å². The monoisotopic (exact) mass is 970 g/mol. The molecule has 5 rings (SSSR count). The number of fused-ring (bicyclic) bond motifs is 1. The van der Waals surface area contributed by atoms with E-state index in [0.717, 1.165) is 97.6 Å². The van der Waals surface area contributed by atoms with Crippen molar-refractivity contribution in [2.45, 2.75) is 110 Å². The lowest BCUT2D eigenvalue weighted by molar-refractivity contribution is -0.138. The van der Waals surface area contributed by atoms with E-state index in [4.69, 9.17) is 18.6 Å². The molecule has 3 aromatic carbocycles. The lowest BCUT2D eigenvalue weighted by Crippen LogP contribution is -2.43. The molecule has 1 aromatic heterocycles. The van der Waals surface area contributed by atoms with Gasteiger partial charge in [-0.2, -0.15) is 0 Å². The van der Waals surface area contributed by atoms with Gasteiger partial charge < -0.3 is 24.0 Å². The Kier molecular flexibility index (Phi) is 22.2. The number of hydrogen-bond donors (Lipinski definition) is 1. The van der Waals surface area contributed by atoms with E-state index >= 15 is 0 Å². The normalized spacial score (nSPS) is 14.6. The smallest absolute Gasteiger partial charge is 0.333 e. The molecule has 0 spiro atoms. The van der Waals surface area contributed by atoms with E-state index in [1.807, 2.05) is 66.7 Å². The number of morpholine rings is 1. The van der Waals surface area contributed by atoms with Crippen LogP contribution >= 0.6 is 11.3 Å². The minimum atomic E-state index is -2.12. The fraction of sp³-hybridized carbons (Fsp3) is 0.397. The van der Waals surface area contributed by atoms with Crippen molar-refractivity contribution in [3.8, 4) is 27.7 Å². The molecule has 4 aromatic rings. The van der Waals surface area contributed by atoms with Crippen LogP contribution in [0.2, 0.25) is 18.1 Å². The molecule has 9 nitrogen and oxygen atoms in total. The highest BCUT2D eigenvalue weighted by molar-refractivity contribution is 7.22. The molecule has 1 amide bonds. The molecule has 1 unspecified atom stereocenters. The molecule has 1 aliphatic heterocycles. The number of ether oxygens (including phenoxy) is 3. The van der Waals surface area contributed by atoms with E-state index in [-0.39, 0.29) is 23.1 Å². The predicted octanol–water partition coefficient (Wildman–Crippen LogP) is 13.8. The Morgan fingerprint density at radius 3 is 1.88 bits per heavy atom. The number of carbonyl (C=O) groups is 3. The van der Waals surface area contributed by atoms with Crippen molar-refractivity contribution >= 4 is 47.4 Å². The molecular formula is C58H74N2O7SSi. The average molecular weight is 971 g/mol. The summed E-state index contributed by atoms with van der Waals surface area (Å²) in [5, 5.41) is 3.63. The lowest BCUT2D eigenvalue weighted by atomic mass is 9.97. The summed E-state index contributed by atoms with van der Waals surface area (Å²) in [6.07, 6.45) is 32.3. The average Bonchev–Trinajstić information content (AvgIpc) is 3.71. The molecule has 11 heteroatoms. The van der Waals surface area contributed by atoms with Crippen molar-refractivity contribution in [1.82, 2.24) is 10.2 Å². The van der Waals surface area contributed by atoms with Crippen LogP contribution in [0.4, 0.5) is 0 Å². The first kappa shape index (κ1) is 54.3. The highest BCUT2D eigenvalue weighted by Gasteiger charge is 2.39. The van der Waals surface area contributed by atoms with Crippen molar-refractivity contribution in [2.75, 3.05) is 39.5 Å². The number of allylic oxidation sites excluding steroid dienone is 12. The van der Waals surface area contributed by atoms with Crippen LogP contribution in [-0.4, -0.2) is 76.4 Å². The third-order valence-electron chi connectivity index (χ3n) is 12.2. The highest BCUT2D eigenvalue weighted by Crippen LogP contribution is 2.43. The molecule has 1 atom stereocenters. The van der Waals surface area contributed by atoms with E-state index in [1.54, 1.807) is 19.1 Å². The van der Waals surface area contributed by atoms with Gasteiger partial charge in [-0.05, 0) is 142 Å². The number of rotatable bonds is 26. The Hall–Kier alpha value is -5.59. The zero-order valence-corrected chi connectivity index (χ0v) is 43.8. The molecule has 1 N–H and O–H groups in total. The summed E-state index contributed by atoms with van der Waals surface area (Å²) < 4.78 is 24.8. The van der Waals surface area contributed by atoms with Gasteiger partial charge in [0.25, 0.3) is 0 Å². The third kappa shape index (κ3) is 18.0. The first-order chi connectivity index (χ1) is 33.3. The Labute approximate surface area is 416 Å². The van der Waals surface area contributed by atoms with Crippen LogP contribution in [0.5, 0.6) is 17.2 Å². The van der Waals surface area contributed by atoms with Crippen LogP contribution in [0.15, 0.2) is 140 Å². The summed E-state index contributed by atoms with van der Waals surface area (Å²) in [4.78, 5) is 43.4. The standard InChI is InChI=1S/C58H74N2O7SSi/c1-8-9-10-11-12-13-14-15-16-17-18-19-20-21-22-23-24-25-26-27-53(61)59-45(2)57(63)66-49-34-30-47(31-35-49)56-54(51-37-36-50(44-52(51)68-56)67-69(6,7)58(3,4)5)55(62)46-28-32-48(33-29-46)65-43-40-60-38-41-64-42-39-60/h9-10,12-13,15-16,18-19,21-22,24-25,28-37,44-45H,8,11,14,17,20,23,26-27,38-43H2,1-7H3,(H,59,61). The molecule has 368 valence electrons. The predicted molar refractivity (Wildman–Crippen MR) is 288 cm³/mol. The molecule has 1 aliphatic rings. The Bertz CT molecular complexity index is 2430. The number of amides is 1. The molecule has 69 heavy (non-hydrogen) atoms. The number of esters is 1. The molecule has 2 heterocycles. The van der Waals surface area contributed by atoms with Gasteiger partial charge >= 0.3 is 5.97 Å². The maximum absolute atomic E-state index is 14.5. The summed E-state index contributed by atoms with van der Waals surface area (Å²) in [6, 6.07) is 19.7. The van der Waals surface area contributed by atoms with Crippen molar-refractivity contribution < 1.29 is 33.0 Å². The van der Waals surface area contributed by atoms with E-state index in [0.29, 0.717) is 35.7 Å². The molecule has 0 radical (unpaired) electrons. The summed E-state index contributed by atoms with van der Waals surface area (Å²) >= 11 is 1.53. The number of benzene rings is 3. The number of ketones is 1. The van der Waals surface area contributed by atoms with Gasteiger partial charge in [0.05, 0.1) is 13.2 Å². The number of hydrogen-bond acceptors (Lipinski definition) is 9. The number of thiophene rings is 1. The zero-order chi connectivity index (χ0) is 49.5. The molecule has 1 saturated heterocycles. The van der Waals surface area contributed by atoms with Gasteiger partial charge in [-0.1, -0.05) is 101 Å². The fourth-order valence-electron chi connectivity index (χ4n) is 7.09. The van der Waals surface area contributed by atoms with Gasteiger partial charge in [-0.25, -0.2) is 4.79 Å². The second kappa shape index (κ2) is 28.2. The van der Waals surface area contributed by atoms with E-state index in [1.165, 1.54) is 11.3 Å². The van der Waals surface area contributed by atoms with E-state index in [2.05, 4.69) is 112 Å². The van der Waals surface area contributed by atoms with E-state index < -0.39 is 20.3 Å². The van der Waals surface area contributed by atoms with Crippen LogP contribution in [0.25, 0.3) is 20.5 Å². The molecule has 1 fully saturated rings. The number of nitrogens with one attached hydrogen (secondary N) is 1. The third-order valence-corrected chi connectivity index (χ3v) is 17.7. The number of nitrogens with zero attached hydrogens (tertiary/aromatic N) is 1. The quantitative estimate of drug-likeness (QED) is 0.0218. The Morgan fingerprint density at radius 2 is 1.30 bits per heavy atom. The van der Waals surface area contributed by atoms with Crippen LogP contribution < -0.4 is 19.2 Å². The van der Waals surface area contributed by atoms with Gasteiger partial charge in [0, 0.05) is 52.1 Å². The summed E-state index contributed by atoms with van der Waals surface area (Å²) in [5.41, 5.74) is 1.96. The van der Waals surface area contributed by atoms with Crippen LogP contribution in [0, 0.1) is 0 Å². The highest BCUT2D eigenvalue weighted by atomic mass is 32.1. The minimum Gasteiger partial charge on any atom is -0.543 e. The largest absolute Gasteiger partial charge is 0.543 e. The molecule has 0 bridgehead atoms. The Morgan fingerprint density at radius 1 is 0.754 bits per heavy atom. The summed E-state index contributed by atoms with van der Waals surface area (Å²) in [7, 11) is -2.12. The second-order valence-corrected chi connectivity index (χ2v) is 24.4. The lowest BCUT2D eigenvalue weighted by Gasteiger charge is -2.36. The zero-order valence-electron chi connectivity index (χ0n) is 42.0. The SMILES string of the molecule is CCC=CCC=CCC=CCC=CCC=CCC=CCCC(=O)NC(C)C(=O)Oc1ccc(-c2sc3cc(O[Si](C)(C)C(C)(C)C)ccc3c2C(=O)c2ccc(OCCN3CCOCC3)cc2)cc1. The fourth-order valence-corrected chi connectivity index (χ4v) is 9.34. The maximum Gasteiger partial charge on any atom is 0.333 e. The van der Waals surface area contributed by atoms with Gasteiger partial charge in [0.15, 0.2) is 5.78 Å². The topological polar surface area (TPSA) is 103 Å². The van der Waals surface area contributed by atoms with Gasteiger partial charge in [0.2, 0.25) is 14.2 Å². The minimum absolute atomic E-state index is 0.0206. The van der Waals surface area contributed by atoms with Gasteiger partial charge in [-0.3, -0.25) is 14.5 Å². The second-order valence-electron chi connectivity index (χ2n) is 18.7. The van der Waals surface area contributed by atoms with Gasteiger partial charge in [-0.15, -0.1) is 11.3 Å². The number of carbonyl (C=O) groups excluding carboxylic acids is 3. The van der Waals surface area contributed by atoms with Crippen molar-refractivity contribution in [3.05, 3.63) is 151 Å². The van der Waals surface area contributed by atoms with E-state index in [9.17, 15) is 14.4 Å². The van der Waals surface area contributed by atoms with Crippen molar-refractivity contribution in [2.24, 2.45) is 0 Å². The molecule has 0 saturated carbocycles. The molecular weight excluding hydrogens is 897 g/mol. The first-order valence-corrected chi connectivity index (χ1v) is 28.3. The first-order valence-electron chi connectivity index (χ1n) is 24.6. The summed E-state index contributed by atoms with van der Waals surface area (Å²) in [6.45, 7) is 19.5. The van der Waals surface area contributed by atoms with Crippen LogP contribution in [-0.2, 0) is 14.3 Å². The van der Waals surface area contributed by atoms with Crippen molar-refractivity contribution in [1.29, 1.82) is 0 Å².